The third-order valence-corrected chi connectivity index (χ3v) is 10.2. The van der Waals surface area contributed by atoms with Gasteiger partial charge in [0, 0.05) is 56.3 Å². The Hall–Kier alpha value is -3.28. The van der Waals surface area contributed by atoms with Crippen LogP contribution in [0, 0.1) is 0 Å². The fourth-order valence-electron chi connectivity index (χ4n) is 7.41. The molecule has 248 valence electrons. The number of benzene rings is 1. The maximum atomic E-state index is 12.8. The van der Waals surface area contributed by atoms with Crippen molar-refractivity contribution in [2.45, 2.75) is 89.9 Å². The van der Waals surface area contributed by atoms with Crippen LogP contribution < -0.4 is 9.64 Å². The Balaban J connectivity index is 0.000000314. The number of aromatic nitrogens is 4. The molecule has 0 spiro atoms. The molecule has 2 aromatic heterocycles. The number of aryl methyl sites for hydroxylation is 1. The number of ether oxygens (including phenoxy) is 2. The monoisotopic (exact) mass is 653 g/mol. The van der Waals surface area contributed by atoms with E-state index in [1.54, 1.807) is 26.1 Å². The van der Waals surface area contributed by atoms with Crippen LogP contribution in [0.25, 0.3) is 0 Å². The van der Waals surface area contributed by atoms with Crippen molar-refractivity contribution in [3.05, 3.63) is 63.1 Å². The van der Waals surface area contributed by atoms with Gasteiger partial charge in [0.15, 0.2) is 5.69 Å². The van der Waals surface area contributed by atoms with E-state index in [0.29, 0.717) is 37.8 Å². The lowest BCUT2D eigenvalue weighted by molar-refractivity contribution is 0.0252. The van der Waals surface area contributed by atoms with Gasteiger partial charge in [0.1, 0.15) is 12.0 Å². The normalized spacial score (nSPS) is 23.9. The summed E-state index contributed by atoms with van der Waals surface area (Å²) in [4.78, 5) is 28.0. The number of anilines is 1. The third kappa shape index (κ3) is 6.46. The van der Waals surface area contributed by atoms with Crippen molar-refractivity contribution >= 4 is 23.3 Å². The Bertz CT molecular complexity index is 1580. The number of fused-ring (bicyclic) bond motifs is 3. The number of methoxy groups -OCH3 is 1. The molecule has 12 heteroatoms. The highest BCUT2D eigenvalue weighted by molar-refractivity contribution is 6.31. The van der Waals surface area contributed by atoms with Gasteiger partial charge in [0.25, 0.3) is 5.91 Å². The molecule has 3 unspecified atom stereocenters. The second kappa shape index (κ2) is 13.4. The first-order valence-corrected chi connectivity index (χ1v) is 16.7. The highest BCUT2D eigenvalue weighted by Gasteiger charge is 2.44. The quantitative estimate of drug-likeness (QED) is 0.362. The van der Waals surface area contributed by atoms with Gasteiger partial charge in [0.2, 0.25) is 0 Å². The first kappa shape index (κ1) is 32.7. The number of amides is 1. The fraction of sp³-hybridized carbons (Fsp3) is 0.588. The molecule has 3 atom stereocenters. The predicted molar refractivity (Wildman–Crippen MR) is 175 cm³/mol. The largest absolute Gasteiger partial charge is 0.467 e. The van der Waals surface area contributed by atoms with Crippen molar-refractivity contribution in [3.8, 4) is 6.01 Å². The van der Waals surface area contributed by atoms with Crippen LogP contribution in [-0.2, 0) is 37.3 Å². The van der Waals surface area contributed by atoms with E-state index in [0.717, 1.165) is 77.8 Å². The van der Waals surface area contributed by atoms with Crippen LogP contribution in [0.2, 0.25) is 5.02 Å². The van der Waals surface area contributed by atoms with Crippen molar-refractivity contribution in [2.75, 3.05) is 45.7 Å². The molecular weight excluding hydrogens is 609 g/mol. The van der Waals surface area contributed by atoms with E-state index >= 15 is 0 Å². The topological polar surface area (TPSA) is 88.8 Å². The molecule has 6 heterocycles. The molecule has 10 nitrogen and oxygen atoms in total. The van der Waals surface area contributed by atoms with E-state index in [1.807, 2.05) is 22.9 Å². The molecule has 2 fully saturated rings. The van der Waals surface area contributed by atoms with Gasteiger partial charge in [-0.25, -0.2) is 4.39 Å². The van der Waals surface area contributed by atoms with E-state index in [2.05, 4.69) is 34.8 Å². The van der Waals surface area contributed by atoms with Crippen LogP contribution in [-0.4, -0.2) is 88.0 Å². The number of nitrogens with zero attached hydrogens (tertiary/aromatic N) is 7. The number of hydrogen-bond donors (Lipinski definition) is 0. The zero-order valence-electron chi connectivity index (χ0n) is 27.6. The second-order valence-electron chi connectivity index (χ2n) is 13.2. The molecule has 0 bridgehead atoms. The number of hydrogen-bond acceptors (Lipinski definition) is 8. The molecule has 0 aliphatic carbocycles. The average molecular weight is 654 g/mol. The van der Waals surface area contributed by atoms with Crippen molar-refractivity contribution in [2.24, 2.45) is 0 Å². The van der Waals surface area contributed by atoms with Gasteiger partial charge in [-0.15, -0.1) is 0 Å². The summed E-state index contributed by atoms with van der Waals surface area (Å²) in [6.07, 6.45) is 4.87. The van der Waals surface area contributed by atoms with Crippen LogP contribution in [0.4, 0.5) is 10.2 Å². The van der Waals surface area contributed by atoms with E-state index in [-0.39, 0.29) is 17.6 Å². The molecule has 0 radical (unpaired) electrons. The summed E-state index contributed by atoms with van der Waals surface area (Å²) < 4.78 is 26.7. The lowest BCUT2D eigenvalue weighted by atomic mass is 9.94. The van der Waals surface area contributed by atoms with Gasteiger partial charge in [0.05, 0.1) is 37.8 Å². The molecule has 2 saturated heterocycles. The highest BCUT2D eigenvalue weighted by atomic mass is 35.5. The number of carbonyl (C=O) groups excluding carboxylic acids is 1. The minimum atomic E-state index is -0.551. The molecular formula is C34H45ClFN7O3. The number of carbonyl (C=O) groups is 1. The zero-order valence-corrected chi connectivity index (χ0v) is 28.3. The summed E-state index contributed by atoms with van der Waals surface area (Å²) >= 11 is 6.48. The summed E-state index contributed by atoms with van der Waals surface area (Å²) in [7, 11) is 5.06. The fourth-order valence-corrected chi connectivity index (χ4v) is 7.73. The smallest absolute Gasteiger partial charge is 0.318 e. The molecule has 1 aromatic carbocycles. The average Bonchev–Trinajstić information content (AvgIpc) is 3.64. The Labute approximate surface area is 275 Å². The van der Waals surface area contributed by atoms with Crippen molar-refractivity contribution in [3.63, 3.8) is 0 Å². The Morgan fingerprint density at radius 1 is 1.22 bits per heavy atom. The third-order valence-electron chi connectivity index (χ3n) is 9.82. The molecule has 46 heavy (non-hydrogen) atoms. The zero-order chi connectivity index (χ0) is 32.6. The number of rotatable bonds is 5. The van der Waals surface area contributed by atoms with Gasteiger partial charge in [-0.05, 0) is 68.8 Å². The summed E-state index contributed by atoms with van der Waals surface area (Å²) in [5.74, 6) is 0.711. The first-order valence-electron chi connectivity index (χ1n) is 16.3. The first-order chi connectivity index (χ1) is 22.1. The van der Waals surface area contributed by atoms with E-state index in [9.17, 15) is 9.18 Å². The number of halogens is 2. The lowest BCUT2D eigenvalue weighted by Gasteiger charge is -2.31. The molecule has 1 amide bonds. The van der Waals surface area contributed by atoms with Gasteiger partial charge in [-0.2, -0.15) is 15.1 Å². The maximum absolute atomic E-state index is 12.8. The predicted octanol–water partition coefficient (Wildman–Crippen LogP) is 5.41. The van der Waals surface area contributed by atoms with Crippen LogP contribution in [0.5, 0.6) is 6.01 Å². The summed E-state index contributed by atoms with van der Waals surface area (Å²) in [5, 5.41) is 5.32. The van der Waals surface area contributed by atoms with Crippen molar-refractivity contribution < 1.29 is 18.7 Å². The molecule has 4 aliphatic rings. The second-order valence-corrected chi connectivity index (χ2v) is 13.6. The highest BCUT2D eigenvalue weighted by Crippen LogP contribution is 2.40. The van der Waals surface area contributed by atoms with Crippen LogP contribution in [0.1, 0.15) is 84.2 Å². The Kier molecular flexibility index (Phi) is 9.55. The van der Waals surface area contributed by atoms with Crippen LogP contribution in [0.15, 0.2) is 24.3 Å². The molecule has 0 N–H and O–H groups in total. The van der Waals surface area contributed by atoms with E-state index < -0.39 is 6.17 Å². The van der Waals surface area contributed by atoms with Crippen molar-refractivity contribution in [1.82, 2.24) is 29.5 Å². The number of alkyl halides is 1. The minimum absolute atomic E-state index is 0.102. The molecule has 7 rings (SSSR count). The van der Waals surface area contributed by atoms with E-state index in [1.165, 1.54) is 12.8 Å². The van der Waals surface area contributed by atoms with Gasteiger partial charge in [-0.3, -0.25) is 14.4 Å². The SMILES string of the molecule is CC12CCCN1CC(F)C2.CCc1c(Cl)cccc1C1Cc2nc(OC)nc(N3CCCn4nc(C(=O)N(C)C)cc4C3)c2CO1. The molecule has 4 aliphatic heterocycles. The summed E-state index contributed by atoms with van der Waals surface area (Å²) in [6, 6.07) is 8.20. The standard InChI is InChI=1S/C26H31ClN6O3.C8H14FN/c1-5-17-18(8-6-9-20(17)27)23-13-21-19(15-36-23)24(29-26(28-21)35-4)32-10-7-11-33-16(14-32)12-22(30-33)25(34)31(2)3;1-8-3-2-4-10(8)6-7(9)5-8/h6,8-9,12,23H,5,7,10-11,13-15H2,1-4H3;7H,2-6H2,1H3. The lowest BCUT2D eigenvalue weighted by Crippen LogP contribution is -2.34. The maximum Gasteiger partial charge on any atom is 0.318 e. The Morgan fingerprint density at radius 2 is 2.04 bits per heavy atom. The summed E-state index contributed by atoms with van der Waals surface area (Å²) in [5.41, 5.74) is 5.79. The van der Waals surface area contributed by atoms with Crippen LogP contribution in [0.3, 0.4) is 0 Å². The minimum Gasteiger partial charge on any atom is -0.467 e. The van der Waals surface area contributed by atoms with Gasteiger partial charge < -0.3 is 19.3 Å². The molecule has 0 saturated carbocycles. The van der Waals surface area contributed by atoms with Gasteiger partial charge in [-0.1, -0.05) is 30.7 Å². The van der Waals surface area contributed by atoms with E-state index in [4.69, 9.17) is 31.0 Å². The van der Waals surface area contributed by atoms with Crippen molar-refractivity contribution in [1.29, 1.82) is 0 Å². The Morgan fingerprint density at radius 3 is 2.78 bits per heavy atom. The van der Waals surface area contributed by atoms with Gasteiger partial charge >= 0.3 is 6.01 Å². The molecule has 3 aromatic rings. The van der Waals surface area contributed by atoms with Crippen LogP contribution >= 0.6 is 11.6 Å². The summed E-state index contributed by atoms with van der Waals surface area (Å²) in [6.45, 7) is 8.63.